The average Bonchev–Trinajstić information content (AvgIpc) is 2.62. The van der Waals surface area contributed by atoms with Gasteiger partial charge in [0.25, 0.3) is 5.69 Å². The van der Waals surface area contributed by atoms with Crippen molar-refractivity contribution in [2.45, 2.75) is 0 Å². The highest BCUT2D eigenvalue weighted by atomic mass is 19.1. The number of non-ortho nitro benzene ring substituents is 1. The third kappa shape index (κ3) is 3.50. The minimum atomic E-state index is -0.422. The first-order chi connectivity index (χ1) is 12.1. The van der Waals surface area contributed by atoms with Gasteiger partial charge in [-0.25, -0.2) is 4.39 Å². The number of aromatic nitrogens is 1. The molecule has 0 atom stereocenters. The first-order valence-corrected chi connectivity index (χ1v) is 7.67. The molecule has 0 fully saturated rings. The van der Waals surface area contributed by atoms with Crippen LogP contribution in [0, 0.1) is 15.9 Å². The van der Waals surface area contributed by atoms with Crippen LogP contribution in [0.2, 0.25) is 0 Å². The topological polar surface area (TPSA) is 68.5 Å². The number of rotatable bonds is 6. The van der Waals surface area contributed by atoms with Crippen LogP contribution < -0.4 is 9.64 Å². The van der Waals surface area contributed by atoms with Crippen molar-refractivity contribution in [2.75, 3.05) is 25.1 Å². The number of para-hydroxylation sites is 1. The summed E-state index contributed by atoms with van der Waals surface area (Å²) in [5.74, 6) is -0.203. The van der Waals surface area contributed by atoms with Gasteiger partial charge in [0, 0.05) is 36.6 Å². The second kappa shape index (κ2) is 7.12. The van der Waals surface area contributed by atoms with E-state index in [1.807, 2.05) is 11.9 Å². The molecule has 0 spiro atoms. The molecule has 0 N–H and O–H groups in total. The van der Waals surface area contributed by atoms with Crippen molar-refractivity contribution in [2.24, 2.45) is 0 Å². The summed E-state index contributed by atoms with van der Waals surface area (Å²) in [5.41, 5.74) is 0.836. The number of pyridine rings is 1. The fourth-order valence-corrected chi connectivity index (χ4v) is 2.63. The smallest absolute Gasteiger partial charge is 0.278 e. The number of nitrogens with zero attached hydrogens (tertiary/aromatic N) is 3. The van der Waals surface area contributed by atoms with Gasteiger partial charge in [0.1, 0.15) is 6.61 Å². The lowest BCUT2D eigenvalue weighted by Crippen LogP contribution is -2.24. The lowest BCUT2D eigenvalue weighted by Gasteiger charge is -2.21. The Bertz CT molecular complexity index is 917. The molecule has 0 aliphatic carbocycles. The van der Waals surface area contributed by atoms with E-state index in [-0.39, 0.29) is 18.0 Å². The SMILES string of the molecule is CN(CCOc1ccccc1F)c1ccc([N+](=O)[O-])c2cnccc12. The number of hydrogen-bond acceptors (Lipinski definition) is 5. The highest BCUT2D eigenvalue weighted by molar-refractivity contribution is 5.99. The van der Waals surface area contributed by atoms with E-state index in [4.69, 9.17) is 4.74 Å². The van der Waals surface area contributed by atoms with Crippen LogP contribution in [0.5, 0.6) is 5.75 Å². The number of nitro benzene ring substituents is 1. The Kier molecular flexibility index (Phi) is 4.74. The van der Waals surface area contributed by atoms with Crippen molar-refractivity contribution in [1.29, 1.82) is 0 Å². The number of fused-ring (bicyclic) bond motifs is 1. The predicted octanol–water partition coefficient (Wildman–Crippen LogP) is 3.80. The van der Waals surface area contributed by atoms with Crippen molar-refractivity contribution in [3.05, 3.63) is 70.8 Å². The van der Waals surface area contributed by atoms with E-state index in [0.29, 0.717) is 11.9 Å². The van der Waals surface area contributed by atoms with Crippen LogP contribution in [0.1, 0.15) is 0 Å². The maximum absolute atomic E-state index is 13.6. The van der Waals surface area contributed by atoms with Gasteiger partial charge in [0.15, 0.2) is 11.6 Å². The second-order valence-electron chi connectivity index (χ2n) is 5.48. The fourth-order valence-electron chi connectivity index (χ4n) is 2.63. The molecule has 25 heavy (non-hydrogen) atoms. The Morgan fingerprint density at radius 3 is 2.76 bits per heavy atom. The molecule has 7 heteroatoms. The molecule has 6 nitrogen and oxygen atoms in total. The third-order valence-electron chi connectivity index (χ3n) is 3.90. The highest BCUT2D eigenvalue weighted by Gasteiger charge is 2.16. The first kappa shape index (κ1) is 16.6. The van der Waals surface area contributed by atoms with Crippen LogP contribution in [-0.2, 0) is 0 Å². The maximum Gasteiger partial charge on any atom is 0.278 e. The van der Waals surface area contributed by atoms with Crippen LogP contribution in [0.3, 0.4) is 0 Å². The van der Waals surface area contributed by atoms with E-state index in [1.165, 1.54) is 18.3 Å². The molecule has 0 saturated carbocycles. The van der Waals surface area contributed by atoms with Crippen molar-refractivity contribution in [3.63, 3.8) is 0 Å². The van der Waals surface area contributed by atoms with Crippen LogP contribution in [0.15, 0.2) is 54.9 Å². The molecule has 3 rings (SSSR count). The van der Waals surface area contributed by atoms with Crippen molar-refractivity contribution in [3.8, 4) is 5.75 Å². The third-order valence-corrected chi connectivity index (χ3v) is 3.90. The van der Waals surface area contributed by atoms with E-state index >= 15 is 0 Å². The van der Waals surface area contributed by atoms with Gasteiger partial charge in [-0.15, -0.1) is 0 Å². The lowest BCUT2D eigenvalue weighted by atomic mass is 10.1. The van der Waals surface area contributed by atoms with Gasteiger partial charge in [0.05, 0.1) is 16.9 Å². The molecule has 3 aromatic rings. The molecular formula is C18H16FN3O3. The normalized spacial score (nSPS) is 10.6. The minimum Gasteiger partial charge on any atom is -0.489 e. The van der Waals surface area contributed by atoms with Crippen LogP contribution in [0.4, 0.5) is 15.8 Å². The minimum absolute atomic E-state index is 0.0165. The Morgan fingerprint density at radius 1 is 1.20 bits per heavy atom. The lowest BCUT2D eigenvalue weighted by molar-refractivity contribution is -0.383. The molecule has 0 unspecified atom stereocenters. The van der Waals surface area contributed by atoms with Gasteiger partial charge < -0.3 is 9.64 Å². The van der Waals surface area contributed by atoms with Crippen molar-refractivity contribution >= 4 is 22.1 Å². The van der Waals surface area contributed by atoms with Gasteiger partial charge in [-0.1, -0.05) is 12.1 Å². The summed E-state index contributed by atoms with van der Waals surface area (Å²) >= 11 is 0. The summed E-state index contributed by atoms with van der Waals surface area (Å²) in [7, 11) is 1.85. The summed E-state index contributed by atoms with van der Waals surface area (Å²) in [6, 6.07) is 11.1. The average molecular weight is 341 g/mol. The number of hydrogen-bond donors (Lipinski definition) is 0. The quantitative estimate of drug-likeness (QED) is 0.504. The Morgan fingerprint density at radius 2 is 2.00 bits per heavy atom. The standard InChI is InChI=1S/C18H16FN3O3/c1-21(10-11-25-18-5-3-2-4-15(18)19)16-6-7-17(22(23)24)14-12-20-9-8-13(14)16/h2-9,12H,10-11H2,1H3. The Hall–Kier alpha value is -3.22. The van der Waals surface area contributed by atoms with E-state index in [2.05, 4.69) is 4.98 Å². The molecule has 128 valence electrons. The van der Waals surface area contributed by atoms with Gasteiger partial charge in [-0.2, -0.15) is 0 Å². The summed E-state index contributed by atoms with van der Waals surface area (Å²) in [4.78, 5) is 16.6. The second-order valence-corrected chi connectivity index (χ2v) is 5.48. The Labute approximate surface area is 143 Å². The molecular weight excluding hydrogens is 325 g/mol. The number of likely N-dealkylation sites (N-methyl/N-ethyl adjacent to an activating group) is 1. The number of benzene rings is 2. The van der Waals surface area contributed by atoms with E-state index in [0.717, 1.165) is 11.1 Å². The molecule has 0 saturated heterocycles. The van der Waals surface area contributed by atoms with Gasteiger partial charge in [-0.05, 0) is 24.3 Å². The maximum atomic E-state index is 13.6. The van der Waals surface area contributed by atoms with Crippen molar-refractivity contribution < 1.29 is 14.1 Å². The van der Waals surface area contributed by atoms with Gasteiger partial charge in [0.2, 0.25) is 0 Å². The number of nitro groups is 1. The van der Waals surface area contributed by atoms with Crippen LogP contribution in [0.25, 0.3) is 10.8 Å². The molecule has 0 aliphatic rings. The zero-order valence-electron chi connectivity index (χ0n) is 13.6. The number of anilines is 1. The molecule has 0 bridgehead atoms. The van der Waals surface area contributed by atoms with E-state index in [9.17, 15) is 14.5 Å². The number of ether oxygens (including phenoxy) is 1. The molecule has 1 aromatic heterocycles. The van der Waals surface area contributed by atoms with Crippen LogP contribution >= 0.6 is 0 Å². The zero-order chi connectivity index (χ0) is 17.8. The summed E-state index contributed by atoms with van der Waals surface area (Å²) in [6.07, 6.45) is 3.08. The summed E-state index contributed by atoms with van der Waals surface area (Å²) < 4.78 is 19.0. The largest absolute Gasteiger partial charge is 0.489 e. The number of halogens is 1. The van der Waals surface area contributed by atoms with Gasteiger partial charge in [-0.3, -0.25) is 15.1 Å². The fraction of sp³-hybridized carbons (Fsp3) is 0.167. The monoisotopic (exact) mass is 341 g/mol. The molecule has 0 radical (unpaired) electrons. The summed E-state index contributed by atoms with van der Waals surface area (Å²) in [6.45, 7) is 0.768. The molecule has 1 heterocycles. The molecule has 2 aromatic carbocycles. The van der Waals surface area contributed by atoms with Crippen LogP contribution in [-0.4, -0.2) is 30.1 Å². The Balaban J connectivity index is 1.78. The van der Waals surface area contributed by atoms with E-state index < -0.39 is 10.7 Å². The van der Waals surface area contributed by atoms with Crippen molar-refractivity contribution in [1.82, 2.24) is 4.98 Å². The van der Waals surface area contributed by atoms with E-state index in [1.54, 1.807) is 36.5 Å². The predicted molar refractivity (Wildman–Crippen MR) is 93.6 cm³/mol. The van der Waals surface area contributed by atoms with Gasteiger partial charge >= 0.3 is 0 Å². The zero-order valence-corrected chi connectivity index (χ0v) is 13.6. The summed E-state index contributed by atoms with van der Waals surface area (Å²) in [5, 5.41) is 12.4. The molecule has 0 aliphatic heterocycles. The highest BCUT2D eigenvalue weighted by Crippen LogP contribution is 2.32. The first-order valence-electron chi connectivity index (χ1n) is 7.67. The molecule has 0 amide bonds.